The van der Waals surface area contributed by atoms with Crippen LogP contribution in [0, 0.1) is 11.8 Å². The molecule has 2 aliphatic heterocycles. The molecule has 0 aromatic heterocycles. The van der Waals surface area contributed by atoms with Gasteiger partial charge in [0.15, 0.2) is 0 Å². The Hall–Kier alpha value is -0.120. The van der Waals surface area contributed by atoms with Gasteiger partial charge in [0.2, 0.25) is 0 Å². The molecule has 0 aromatic rings. The molecule has 0 saturated carbocycles. The van der Waals surface area contributed by atoms with Crippen molar-refractivity contribution in [3.8, 4) is 0 Å². The molecular formula is C15H29NO2. The average molecular weight is 255 g/mol. The lowest BCUT2D eigenvalue weighted by molar-refractivity contribution is -0.106. The lowest BCUT2D eigenvalue weighted by Gasteiger charge is -2.39. The summed E-state index contributed by atoms with van der Waals surface area (Å²) in [6, 6.07) is 0.599. The van der Waals surface area contributed by atoms with Gasteiger partial charge in [0.25, 0.3) is 0 Å². The molecule has 18 heavy (non-hydrogen) atoms. The molecule has 3 atom stereocenters. The molecule has 3 heteroatoms. The molecule has 0 aliphatic carbocycles. The van der Waals surface area contributed by atoms with Gasteiger partial charge in [0.1, 0.15) is 0 Å². The Balaban J connectivity index is 1.77. The Morgan fingerprint density at radius 2 is 2.11 bits per heavy atom. The molecule has 0 aromatic carbocycles. The molecule has 2 saturated heterocycles. The lowest BCUT2D eigenvalue weighted by Crippen LogP contribution is -2.42. The molecule has 0 bridgehead atoms. The number of hydrogen-bond donors (Lipinski definition) is 1. The van der Waals surface area contributed by atoms with Crippen molar-refractivity contribution < 1.29 is 9.47 Å². The molecule has 1 spiro atoms. The summed E-state index contributed by atoms with van der Waals surface area (Å²) in [5.74, 6) is 1.60. The zero-order valence-corrected chi connectivity index (χ0v) is 12.2. The van der Waals surface area contributed by atoms with Crippen LogP contribution in [-0.4, -0.2) is 38.0 Å². The first-order valence-corrected chi connectivity index (χ1v) is 7.56. The molecule has 2 rings (SSSR count). The van der Waals surface area contributed by atoms with E-state index in [1.807, 2.05) is 0 Å². The van der Waals surface area contributed by atoms with Crippen LogP contribution in [0.1, 0.15) is 46.5 Å². The normalized spacial score (nSPS) is 34.3. The maximum atomic E-state index is 6.01. The zero-order valence-electron chi connectivity index (χ0n) is 12.2. The van der Waals surface area contributed by atoms with Gasteiger partial charge in [-0.25, -0.2) is 0 Å². The number of nitrogens with one attached hydrogen (secondary N) is 1. The summed E-state index contributed by atoms with van der Waals surface area (Å²) in [5, 5.41) is 3.52. The van der Waals surface area contributed by atoms with Gasteiger partial charge in [0.05, 0.1) is 12.2 Å². The second-order valence-corrected chi connectivity index (χ2v) is 6.46. The summed E-state index contributed by atoms with van der Waals surface area (Å²) in [4.78, 5) is 0. The Morgan fingerprint density at radius 3 is 2.78 bits per heavy atom. The van der Waals surface area contributed by atoms with Crippen molar-refractivity contribution in [1.29, 1.82) is 0 Å². The van der Waals surface area contributed by atoms with Crippen LogP contribution >= 0.6 is 0 Å². The van der Waals surface area contributed by atoms with E-state index < -0.39 is 0 Å². The van der Waals surface area contributed by atoms with Crippen molar-refractivity contribution in [3.63, 3.8) is 0 Å². The Labute approximate surface area is 112 Å². The Kier molecular flexibility index (Phi) is 5.05. The van der Waals surface area contributed by atoms with E-state index in [9.17, 15) is 0 Å². The largest absolute Gasteiger partial charge is 0.378 e. The SMILES string of the molecule is CC(C)NCCC(C)C1CCOC2(CCOC2)C1. The van der Waals surface area contributed by atoms with E-state index in [0.717, 1.165) is 44.6 Å². The van der Waals surface area contributed by atoms with Gasteiger partial charge >= 0.3 is 0 Å². The highest BCUT2D eigenvalue weighted by Crippen LogP contribution is 2.39. The van der Waals surface area contributed by atoms with E-state index in [-0.39, 0.29) is 5.60 Å². The topological polar surface area (TPSA) is 30.5 Å². The van der Waals surface area contributed by atoms with Gasteiger partial charge in [-0.1, -0.05) is 20.8 Å². The smallest absolute Gasteiger partial charge is 0.0939 e. The van der Waals surface area contributed by atoms with Crippen molar-refractivity contribution in [2.45, 2.75) is 58.1 Å². The fraction of sp³-hybridized carbons (Fsp3) is 1.00. The molecule has 2 fully saturated rings. The molecule has 0 amide bonds. The number of rotatable bonds is 5. The Morgan fingerprint density at radius 1 is 1.28 bits per heavy atom. The van der Waals surface area contributed by atoms with Crippen LogP contribution in [0.5, 0.6) is 0 Å². The first kappa shape index (κ1) is 14.3. The molecule has 106 valence electrons. The first-order valence-electron chi connectivity index (χ1n) is 7.56. The van der Waals surface area contributed by atoms with E-state index in [1.165, 1.54) is 19.3 Å². The summed E-state index contributed by atoms with van der Waals surface area (Å²) in [5.41, 5.74) is 0.0721. The highest BCUT2D eigenvalue weighted by atomic mass is 16.6. The third kappa shape index (κ3) is 3.69. The summed E-state index contributed by atoms with van der Waals surface area (Å²) in [6.45, 7) is 10.6. The van der Waals surface area contributed by atoms with Crippen LogP contribution < -0.4 is 5.32 Å². The van der Waals surface area contributed by atoms with Crippen molar-refractivity contribution in [3.05, 3.63) is 0 Å². The highest BCUT2D eigenvalue weighted by Gasteiger charge is 2.41. The van der Waals surface area contributed by atoms with Crippen molar-refractivity contribution in [2.24, 2.45) is 11.8 Å². The summed E-state index contributed by atoms with van der Waals surface area (Å²) >= 11 is 0. The molecule has 1 N–H and O–H groups in total. The van der Waals surface area contributed by atoms with Crippen molar-refractivity contribution in [1.82, 2.24) is 5.32 Å². The standard InChI is InChI=1S/C15H29NO2/c1-12(2)16-7-4-13(3)14-5-8-18-15(10-14)6-9-17-11-15/h12-14,16H,4-11H2,1-3H3. The average Bonchev–Trinajstić information content (AvgIpc) is 2.76. The molecule has 3 unspecified atom stereocenters. The second kappa shape index (κ2) is 6.36. The minimum absolute atomic E-state index is 0.0721. The van der Waals surface area contributed by atoms with Gasteiger partial charge in [-0.2, -0.15) is 0 Å². The lowest BCUT2D eigenvalue weighted by atomic mass is 9.77. The van der Waals surface area contributed by atoms with Gasteiger partial charge in [-0.05, 0) is 37.6 Å². The first-order chi connectivity index (χ1) is 8.61. The number of ether oxygens (including phenoxy) is 2. The Bertz CT molecular complexity index is 249. The quantitative estimate of drug-likeness (QED) is 0.819. The third-order valence-electron chi connectivity index (χ3n) is 4.56. The van der Waals surface area contributed by atoms with E-state index in [1.54, 1.807) is 0 Å². The van der Waals surface area contributed by atoms with Crippen molar-refractivity contribution >= 4 is 0 Å². The van der Waals surface area contributed by atoms with Gasteiger partial charge < -0.3 is 14.8 Å². The van der Waals surface area contributed by atoms with E-state index in [0.29, 0.717) is 6.04 Å². The van der Waals surface area contributed by atoms with E-state index in [2.05, 4.69) is 26.1 Å². The summed E-state index contributed by atoms with van der Waals surface area (Å²) in [6.07, 6.45) is 4.81. The molecule has 2 aliphatic rings. The van der Waals surface area contributed by atoms with Crippen LogP contribution in [0.3, 0.4) is 0 Å². The molecule has 3 nitrogen and oxygen atoms in total. The maximum Gasteiger partial charge on any atom is 0.0939 e. The number of hydrogen-bond acceptors (Lipinski definition) is 3. The predicted octanol–water partition coefficient (Wildman–Crippen LogP) is 2.60. The van der Waals surface area contributed by atoms with Crippen LogP contribution in [0.15, 0.2) is 0 Å². The second-order valence-electron chi connectivity index (χ2n) is 6.46. The molecule has 2 heterocycles. The van der Waals surface area contributed by atoms with Crippen LogP contribution in [0.4, 0.5) is 0 Å². The molecular weight excluding hydrogens is 226 g/mol. The minimum Gasteiger partial charge on any atom is -0.378 e. The third-order valence-corrected chi connectivity index (χ3v) is 4.56. The van der Waals surface area contributed by atoms with E-state index >= 15 is 0 Å². The molecule has 0 radical (unpaired) electrons. The summed E-state index contributed by atoms with van der Waals surface area (Å²) in [7, 11) is 0. The fourth-order valence-electron chi connectivity index (χ4n) is 3.25. The van der Waals surface area contributed by atoms with Crippen LogP contribution in [0.2, 0.25) is 0 Å². The predicted molar refractivity (Wildman–Crippen MR) is 73.8 cm³/mol. The van der Waals surface area contributed by atoms with Crippen LogP contribution in [0.25, 0.3) is 0 Å². The van der Waals surface area contributed by atoms with Gasteiger partial charge in [-0.3, -0.25) is 0 Å². The van der Waals surface area contributed by atoms with Gasteiger partial charge in [-0.15, -0.1) is 0 Å². The minimum atomic E-state index is 0.0721. The van der Waals surface area contributed by atoms with E-state index in [4.69, 9.17) is 9.47 Å². The monoisotopic (exact) mass is 255 g/mol. The fourth-order valence-corrected chi connectivity index (χ4v) is 3.25. The zero-order chi connectivity index (χ0) is 13.0. The van der Waals surface area contributed by atoms with Crippen molar-refractivity contribution in [2.75, 3.05) is 26.4 Å². The van der Waals surface area contributed by atoms with Gasteiger partial charge in [0, 0.05) is 25.7 Å². The maximum absolute atomic E-state index is 6.01. The highest BCUT2D eigenvalue weighted by molar-refractivity contribution is 4.91. The summed E-state index contributed by atoms with van der Waals surface area (Å²) < 4.78 is 11.5. The van der Waals surface area contributed by atoms with Crippen LogP contribution in [-0.2, 0) is 9.47 Å².